The average Bonchev–Trinajstić information content (AvgIpc) is 2.99. The minimum atomic E-state index is -3.35. The lowest BCUT2D eigenvalue weighted by Crippen LogP contribution is -2.60. The van der Waals surface area contributed by atoms with E-state index < -0.39 is 26.5 Å². The first-order chi connectivity index (χ1) is 12.7. The van der Waals surface area contributed by atoms with E-state index in [1.807, 2.05) is 25.1 Å². The van der Waals surface area contributed by atoms with Crippen molar-refractivity contribution < 1.29 is 27.5 Å². The Kier molecular flexibility index (Phi) is 4.06. The Morgan fingerprint density at radius 2 is 2.00 bits per heavy atom. The lowest BCUT2D eigenvalue weighted by Gasteiger charge is -2.49. The SMILES string of the molecule is Cc1cccc2c(C(=O)NC3CCS(=O)(=O)C4(C3)CC(C(=O)O)C4)coc12. The third kappa shape index (κ3) is 2.82. The molecule has 1 atom stereocenters. The fraction of sp³-hybridized carbons (Fsp3) is 0.474. The van der Waals surface area contributed by atoms with Crippen LogP contribution in [0.5, 0.6) is 0 Å². The highest BCUT2D eigenvalue weighted by atomic mass is 32.2. The van der Waals surface area contributed by atoms with Gasteiger partial charge in [-0.05, 0) is 38.2 Å². The van der Waals surface area contributed by atoms with Gasteiger partial charge in [0.2, 0.25) is 0 Å². The van der Waals surface area contributed by atoms with Gasteiger partial charge in [-0.15, -0.1) is 0 Å². The normalized spacial score (nSPS) is 29.4. The molecule has 0 bridgehead atoms. The number of furan rings is 1. The molecule has 1 unspecified atom stereocenters. The molecule has 1 saturated carbocycles. The van der Waals surface area contributed by atoms with Crippen LogP contribution in [-0.2, 0) is 14.6 Å². The fourth-order valence-corrected chi connectivity index (χ4v) is 6.78. The number of rotatable bonds is 3. The van der Waals surface area contributed by atoms with Gasteiger partial charge in [0.15, 0.2) is 9.84 Å². The summed E-state index contributed by atoms with van der Waals surface area (Å²) < 4.78 is 29.5. The molecular weight excluding hydrogens is 370 g/mol. The second kappa shape index (κ2) is 6.09. The number of benzene rings is 1. The summed E-state index contributed by atoms with van der Waals surface area (Å²) in [6.45, 7) is 1.90. The first-order valence-corrected chi connectivity index (χ1v) is 10.6. The van der Waals surface area contributed by atoms with Crippen molar-refractivity contribution in [2.75, 3.05) is 5.75 Å². The maximum absolute atomic E-state index is 12.7. The van der Waals surface area contributed by atoms with Crippen molar-refractivity contribution in [2.45, 2.75) is 43.4 Å². The zero-order chi connectivity index (χ0) is 19.4. The number of nitrogens with one attached hydrogen (secondary N) is 1. The Morgan fingerprint density at radius 1 is 1.26 bits per heavy atom. The average molecular weight is 391 g/mol. The number of fused-ring (bicyclic) bond motifs is 1. The molecule has 27 heavy (non-hydrogen) atoms. The lowest BCUT2D eigenvalue weighted by atomic mass is 9.70. The summed E-state index contributed by atoms with van der Waals surface area (Å²) in [6.07, 6.45) is 2.28. The molecule has 1 aromatic heterocycles. The molecule has 144 valence electrons. The van der Waals surface area contributed by atoms with Gasteiger partial charge < -0.3 is 14.8 Å². The van der Waals surface area contributed by atoms with Crippen molar-refractivity contribution in [2.24, 2.45) is 5.92 Å². The van der Waals surface area contributed by atoms with Crippen LogP contribution in [0.4, 0.5) is 0 Å². The van der Waals surface area contributed by atoms with Crippen LogP contribution in [0.25, 0.3) is 11.0 Å². The van der Waals surface area contributed by atoms with Gasteiger partial charge in [0, 0.05) is 11.4 Å². The van der Waals surface area contributed by atoms with Crippen molar-refractivity contribution in [3.05, 3.63) is 35.6 Å². The topological polar surface area (TPSA) is 114 Å². The van der Waals surface area contributed by atoms with Gasteiger partial charge in [0.05, 0.1) is 22.0 Å². The number of carboxylic acid groups (broad SMARTS) is 1. The largest absolute Gasteiger partial charge is 0.481 e. The van der Waals surface area contributed by atoms with Crippen LogP contribution >= 0.6 is 0 Å². The molecule has 1 aliphatic carbocycles. The molecule has 1 amide bonds. The summed E-state index contributed by atoms with van der Waals surface area (Å²) in [5, 5.41) is 12.8. The molecule has 2 aliphatic rings. The van der Waals surface area contributed by atoms with Crippen LogP contribution in [-0.4, -0.2) is 41.9 Å². The van der Waals surface area contributed by atoms with Gasteiger partial charge in [-0.25, -0.2) is 8.42 Å². The van der Waals surface area contributed by atoms with Gasteiger partial charge in [0.1, 0.15) is 11.8 Å². The number of hydrogen-bond acceptors (Lipinski definition) is 5. The molecule has 1 aromatic carbocycles. The predicted molar refractivity (Wildman–Crippen MR) is 98.3 cm³/mol. The minimum Gasteiger partial charge on any atom is -0.481 e. The molecule has 1 saturated heterocycles. The molecule has 2 aromatic rings. The van der Waals surface area contributed by atoms with Crippen molar-refractivity contribution in [3.8, 4) is 0 Å². The summed E-state index contributed by atoms with van der Waals surface area (Å²) in [5.41, 5.74) is 2.02. The van der Waals surface area contributed by atoms with Gasteiger partial charge >= 0.3 is 5.97 Å². The summed E-state index contributed by atoms with van der Waals surface area (Å²) in [5.74, 6) is -1.90. The highest BCUT2D eigenvalue weighted by Gasteiger charge is 2.58. The van der Waals surface area contributed by atoms with E-state index in [-0.39, 0.29) is 37.0 Å². The van der Waals surface area contributed by atoms with E-state index in [1.165, 1.54) is 6.26 Å². The smallest absolute Gasteiger partial charge is 0.306 e. The maximum atomic E-state index is 12.7. The zero-order valence-electron chi connectivity index (χ0n) is 14.9. The summed E-state index contributed by atoms with van der Waals surface area (Å²) in [6, 6.07) is 5.27. The second-order valence-corrected chi connectivity index (χ2v) is 10.2. The van der Waals surface area contributed by atoms with Crippen LogP contribution in [0.2, 0.25) is 0 Å². The van der Waals surface area contributed by atoms with Crippen molar-refractivity contribution >= 4 is 32.7 Å². The molecule has 7 nitrogen and oxygen atoms in total. The summed E-state index contributed by atoms with van der Waals surface area (Å²) in [4.78, 5) is 23.8. The number of aliphatic carboxylic acids is 1. The van der Waals surface area contributed by atoms with Crippen LogP contribution in [0.1, 0.15) is 41.6 Å². The quantitative estimate of drug-likeness (QED) is 0.830. The second-order valence-electron chi connectivity index (χ2n) is 7.71. The van der Waals surface area contributed by atoms with Crippen molar-refractivity contribution in [1.29, 1.82) is 0 Å². The molecule has 0 radical (unpaired) electrons. The molecule has 2 fully saturated rings. The van der Waals surface area contributed by atoms with Crippen LogP contribution < -0.4 is 5.32 Å². The zero-order valence-corrected chi connectivity index (χ0v) is 15.7. The molecule has 4 rings (SSSR count). The highest BCUT2D eigenvalue weighted by molar-refractivity contribution is 7.92. The number of hydrogen-bond donors (Lipinski definition) is 2. The van der Waals surface area contributed by atoms with Crippen LogP contribution in [0.15, 0.2) is 28.9 Å². The number of carbonyl (C=O) groups is 2. The van der Waals surface area contributed by atoms with E-state index in [4.69, 9.17) is 9.52 Å². The molecule has 2 heterocycles. The van der Waals surface area contributed by atoms with E-state index in [0.29, 0.717) is 17.6 Å². The molecule has 2 N–H and O–H groups in total. The predicted octanol–water partition coefficient (Wildman–Crippen LogP) is 2.28. The van der Waals surface area contributed by atoms with Gasteiger partial charge in [-0.3, -0.25) is 9.59 Å². The van der Waals surface area contributed by atoms with E-state index in [1.54, 1.807) is 0 Å². The Hall–Kier alpha value is -2.35. The first kappa shape index (κ1) is 18.0. The Morgan fingerprint density at radius 3 is 2.70 bits per heavy atom. The maximum Gasteiger partial charge on any atom is 0.306 e. The standard InChI is InChI=1S/C19H21NO6S/c1-11-3-2-4-14-15(10-26-16(11)14)17(21)20-13-5-6-27(24,25)19(9-13)7-12(8-19)18(22)23/h2-4,10,12-13H,5-9H2,1H3,(H,20,21)(H,22,23). The lowest BCUT2D eigenvalue weighted by molar-refractivity contribution is -0.145. The minimum absolute atomic E-state index is 0.0322. The fourth-order valence-electron chi connectivity index (χ4n) is 4.39. The van der Waals surface area contributed by atoms with E-state index >= 15 is 0 Å². The van der Waals surface area contributed by atoms with Gasteiger partial charge in [-0.2, -0.15) is 0 Å². The molecule has 1 spiro atoms. The van der Waals surface area contributed by atoms with E-state index in [0.717, 1.165) is 10.9 Å². The Balaban J connectivity index is 1.52. The van der Waals surface area contributed by atoms with Crippen LogP contribution in [0.3, 0.4) is 0 Å². The van der Waals surface area contributed by atoms with E-state index in [2.05, 4.69) is 5.32 Å². The number of sulfone groups is 1. The Labute approximate surface area is 156 Å². The number of aryl methyl sites for hydroxylation is 1. The third-order valence-electron chi connectivity index (χ3n) is 5.98. The van der Waals surface area contributed by atoms with Crippen molar-refractivity contribution in [1.82, 2.24) is 5.32 Å². The van der Waals surface area contributed by atoms with Gasteiger partial charge in [0.25, 0.3) is 5.91 Å². The number of carboxylic acids is 1. The summed E-state index contributed by atoms with van der Waals surface area (Å²) >= 11 is 0. The first-order valence-electron chi connectivity index (χ1n) is 8.95. The van der Waals surface area contributed by atoms with E-state index in [9.17, 15) is 18.0 Å². The molecular formula is C19H21NO6S. The number of amides is 1. The third-order valence-corrected chi connectivity index (χ3v) is 8.57. The Bertz CT molecular complexity index is 1030. The monoisotopic (exact) mass is 391 g/mol. The highest BCUT2D eigenvalue weighted by Crippen LogP contribution is 2.50. The summed E-state index contributed by atoms with van der Waals surface area (Å²) in [7, 11) is -3.35. The number of carbonyl (C=O) groups excluding carboxylic acids is 1. The molecule has 8 heteroatoms. The van der Waals surface area contributed by atoms with Crippen LogP contribution in [0, 0.1) is 12.8 Å². The van der Waals surface area contributed by atoms with Gasteiger partial charge in [-0.1, -0.05) is 18.2 Å². The number of para-hydroxylation sites is 1. The molecule has 1 aliphatic heterocycles. The van der Waals surface area contributed by atoms with Crippen molar-refractivity contribution in [3.63, 3.8) is 0 Å².